The van der Waals surface area contributed by atoms with E-state index in [1.165, 1.54) is 100 Å². The van der Waals surface area contributed by atoms with Gasteiger partial charge in [0.1, 0.15) is 5.82 Å². The van der Waals surface area contributed by atoms with Gasteiger partial charge >= 0.3 is 0 Å². The van der Waals surface area contributed by atoms with Crippen molar-refractivity contribution < 1.29 is 0 Å². The van der Waals surface area contributed by atoms with Crippen molar-refractivity contribution in [3.63, 3.8) is 0 Å². The summed E-state index contributed by atoms with van der Waals surface area (Å²) in [5, 5.41) is 17.6. The fourth-order valence-corrected chi connectivity index (χ4v) is 12.6. The van der Waals surface area contributed by atoms with Gasteiger partial charge in [-0.2, -0.15) is 0 Å². The summed E-state index contributed by atoms with van der Waals surface area (Å²) in [7, 11) is 0. The summed E-state index contributed by atoms with van der Waals surface area (Å²) < 4.78 is 7.16. The molecule has 0 fully saturated rings. The maximum Gasteiger partial charge on any atom is 0.137 e. The average Bonchev–Trinajstić information content (AvgIpc) is 4.31. The van der Waals surface area contributed by atoms with Crippen LogP contribution in [-0.4, -0.2) is 24.9 Å². The summed E-state index contributed by atoms with van der Waals surface area (Å²) in [5.41, 5.74) is 24.4. The minimum Gasteiger partial charge on any atom is -0.355 e. The van der Waals surface area contributed by atoms with Gasteiger partial charge in [0.2, 0.25) is 0 Å². The normalized spacial score (nSPS) is 13.2. The second-order valence-corrected chi connectivity index (χ2v) is 20.6. The Kier molecular flexibility index (Phi) is 10.8. The van der Waals surface area contributed by atoms with Gasteiger partial charge < -0.3 is 19.9 Å². The standard InChI is InChI=1S/C72H52N6/c73-36-14-4-16-38-76-66-33-29-49(50-30-34-68-60(40-50)56-23-11-12-24-67(56)77(68)55-21-9-3-10-22-55)41-61(66)63-43-52-26-27-53-44-64-62-42-51(48-28-32-65(75-54-19-7-2-8-20-54)59(39-48)47-17-5-1-6-18-47)31-35-69(62)78(72-25-13-15-37-74-72)71(64)46-58(53)57(52)45-70(63)76/h1-25,28,30-32,34-46,73,75H,26-27,29,33H2/b14-4-,38-16+,73-36?. The van der Waals surface area contributed by atoms with Gasteiger partial charge in [-0.3, -0.25) is 4.57 Å². The number of nitrogens with one attached hydrogen (secondary N) is 2. The molecule has 4 aromatic heterocycles. The van der Waals surface area contributed by atoms with Gasteiger partial charge in [0.05, 0.1) is 27.6 Å². The largest absolute Gasteiger partial charge is 0.355 e. The molecule has 0 saturated carbocycles. The highest BCUT2D eigenvalue weighted by Gasteiger charge is 2.27. The van der Waals surface area contributed by atoms with Crippen molar-refractivity contribution in [2.24, 2.45) is 0 Å². The molecule has 370 valence electrons. The summed E-state index contributed by atoms with van der Waals surface area (Å²) in [6.45, 7) is 0. The third-order valence-electron chi connectivity index (χ3n) is 16.2. The van der Waals surface area contributed by atoms with Crippen LogP contribution in [0.3, 0.4) is 0 Å². The first kappa shape index (κ1) is 45.4. The molecule has 0 spiro atoms. The number of para-hydroxylation sites is 3. The lowest BCUT2D eigenvalue weighted by atomic mass is 9.83. The Morgan fingerprint density at radius 2 is 1.08 bits per heavy atom. The maximum absolute atomic E-state index is 7.68. The van der Waals surface area contributed by atoms with Crippen LogP contribution in [0.25, 0.3) is 117 Å². The van der Waals surface area contributed by atoms with Gasteiger partial charge in [-0.25, -0.2) is 4.98 Å². The fraction of sp³-hybridized carbons (Fsp3) is 0.0556. The number of pyridine rings is 1. The summed E-state index contributed by atoms with van der Waals surface area (Å²) in [5.74, 6) is 0.896. The van der Waals surface area contributed by atoms with E-state index in [0.717, 1.165) is 76.2 Å². The highest BCUT2D eigenvalue weighted by atomic mass is 15.1. The molecule has 6 nitrogen and oxygen atoms in total. The molecular formula is C72H52N6. The number of rotatable bonds is 10. The van der Waals surface area contributed by atoms with Crippen LogP contribution in [0.2, 0.25) is 0 Å². The van der Waals surface area contributed by atoms with Crippen molar-refractivity contribution in [3.05, 3.63) is 265 Å². The molecule has 78 heavy (non-hydrogen) atoms. The van der Waals surface area contributed by atoms with Crippen molar-refractivity contribution in [2.45, 2.75) is 25.7 Å². The van der Waals surface area contributed by atoms with E-state index in [2.05, 4.69) is 238 Å². The molecule has 6 heteroatoms. The van der Waals surface area contributed by atoms with Crippen LogP contribution in [0.5, 0.6) is 0 Å². The number of anilines is 2. The molecule has 0 amide bonds. The van der Waals surface area contributed by atoms with Crippen LogP contribution in [0.4, 0.5) is 11.4 Å². The number of hydrogen-bond acceptors (Lipinski definition) is 3. The lowest BCUT2D eigenvalue weighted by molar-refractivity contribution is 0.921. The molecule has 2 aliphatic rings. The third-order valence-corrected chi connectivity index (χ3v) is 16.2. The zero-order valence-electron chi connectivity index (χ0n) is 42.9. The number of fused-ring (bicyclic) bond motifs is 12. The highest BCUT2D eigenvalue weighted by Crippen LogP contribution is 2.46. The quantitative estimate of drug-likeness (QED) is 0.106. The predicted molar refractivity (Wildman–Crippen MR) is 328 cm³/mol. The summed E-state index contributed by atoms with van der Waals surface area (Å²) in [6.07, 6.45) is 17.4. The van der Waals surface area contributed by atoms with Crippen molar-refractivity contribution in [1.82, 2.24) is 18.7 Å². The van der Waals surface area contributed by atoms with E-state index in [4.69, 9.17) is 10.4 Å². The first-order valence-electron chi connectivity index (χ1n) is 27.0. The molecular weight excluding hydrogens is 949 g/mol. The van der Waals surface area contributed by atoms with Crippen molar-refractivity contribution >= 4 is 90.0 Å². The topological polar surface area (TPSA) is 63.6 Å². The Morgan fingerprint density at radius 3 is 1.87 bits per heavy atom. The van der Waals surface area contributed by atoms with E-state index >= 15 is 0 Å². The van der Waals surface area contributed by atoms with E-state index in [9.17, 15) is 0 Å². The Hall–Kier alpha value is -10.0. The van der Waals surface area contributed by atoms with E-state index in [-0.39, 0.29) is 0 Å². The maximum atomic E-state index is 7.68. The van der Waals surface area contributed by atoms with Gasteiger partial charge in [-0.1, -0.05) is 115 Å². The molecule has 0 saturated heterocycles. The van der Waals surface area contributed by atoms with E-state index in [1.54, 1.807) is 6.08 Å². The molecule has 0 radical (unpaired) electrons. The van der Waals surface area contributed by atoms with Crippen LogP contribution in [0.15, 0.2) is 237 Å². The van der Waals surface area contributed by atoms with Crippen molar-refractivity contribution in [2.75, 3.05) is 5.32 Å². The molecule has 9 aromatic carbocycles. The first-order valence-corrected chi connectivity index (χ1v) is 27.0. The van der Waals surface area contributed by atoms with E-state index in [1.807, 2.05) is 24.4 Å². The van der Waals surface area contributed by atoms with Crippen LogP contribution in [-0.2, 0) is 19.3 Å². The third kappa shape index (κ3) is 7.55. The highest BCUT2D eigenvalue weighted by molar-refractivity contribution is 6.13. The van der Waals surface area contributed by atoms with Crippen molar-refractivity contribution in [1.29, 1.82) is 5.41 Å². The van der Waals surface area contributed by atoms with Gasteiger partial charge in [0.25, 0.3) is 0 Å². The Morgan fingerprint density at radius 1 is 0.436 bits per heavy atom. The number of benzene rings is 9. The summed E-state index contributed by atoms with van der Waals surface area (Å²) >= 11 is 0. The molecule has 2 N–H and O–H groups in total. The molecule has 0 aliphatic heterocycles. The molecule has 15 rings (SSSR count). The summed E-state index contributed by atoms with van der Waals surface area (Å²) in [6, 6.07) is 77.4. The zero-order chi connectivity index (χ0) is 51.7. The Labute approximate surface area is 452 Å². The second kappa shape index (κ2) is 18.7. The molecule has 4 heterocycles. The van der Waals surface area contributed by atoms with Gasteiger partial charge in [0, 0.05) is 79.4 Å². The van der Waals surface area contributed by atoms with Gasteiger partial charge in [0.15, 0.2) is 0 Å². The Bertz CT molecular complexity index is 4630. The van der Waals surface area contributed by atoms with E-state index in [0.29, 0.717) is 0 Å². The number of aromatic nitrogens is 4. The minimum absolute atomic E-state index is 0.896. The second-order valence-electron chi connectivity index (χ2n) is 20.6. The number of nitrogens with zero attached hydrogens (tertiary/aromatic N) is 4. The monoisotopic (exact) mass is 1000 g/mol. The lowest BCUT2D eigenvalue weighted by Gasteiger charge is -2.21. The molecule has 0 bridgehead atoms. The average molecular weight is 1000 g/mol. The van der Waals surface area contributed by atoms with Crippen LogP contribution in [0, 0.1) is 5.41 Å². The van der Waals surface area contributed by atoms with Crippen molar-refractivity contribution in [3.8, 4) is 44.9 Å². The fourth-order valence-electron chi connectivity index (χ4n) is 12.6. The number of hydrogen-bond donors (Lipinski definition) is 2. The van der Waals surface area contributed by atoms with Crippen LogP contribution >= 0.6 is 0 Å². The minimum atomic E-state index is 0.896. The molecule has 2 aliphatic carbocycles. The molecule has 0 unspecified atom stereocenters. The Balaban J connectivity index is 0.868. The molecule has 13 aromatic rings. The number of aryl methyl sites for hydroxylation is 2. The van der Waals surface area contributed by atoms with Gasteiger partial charge in [-0.05, 0) is 197 Å². The smallest absolute Gasteiger partial charge is 0.137 e. The molecule has 0 atom stereocenters. The number of allylic oxidation sites excluding steroid dienone is 4. The predicted octanol–water partition coefficient (Wildman–Crippen LogP) is 18.2. The van der Waals surface area contributed by atoms with Crippen LogP contribution < -0.4 is 5.32 Å². The first-order chi connectivity index (χ1) is 38.6. The van der Waals surface area contributed by atoms with Crippen LogP contribution in [0.1, 0.15) is 34.4 Å². The zero-order valence-corrected chi connectivity index (χ0v) is 42.9. The van der Waals surface area contributed by atoms with E-state index < -0.39 is 0 Å². The summed E-state index contributed by atoms with van der Waals surface area (Å²) in [4.78, 5) is 4.97. The SMILES string of the molecule is N=C/C=C\C=C\n1c2c(c3cc4c(cc31)-c1cc3c(cc1CC4)c1cc(-c4ccc(Nc5ccccc5)c(-c5ccccc5)c4)ccc1n3-c1ccccn1)C=C(c1ccc3c(c1)c1ccccc1n3-c1ccccc1)CC2. The lowest BCUT2D eigenvalue weighted by Crippen LogP contribution is -2.05. The van der Waals surface area contributed by atoms with Gasteiger partial charge in [-0.15, -0.1) is 0 Å².